The van der Waals surface area contributed by atoms with Crippen LogP contribution in [0.2, 0.25) is 0 Å². The third kappa shape index (κ3) is 1.84. The summed E-state index contributed by atoms with van der Waals surface area (Å²) in [6.07, 6.45) is 1.18. The molecule has 0 radical (unpaired) electrons. The highest BCUT2D eigenvalue weighted by Crippen LogP contribution is 2.48. The summed E-state index contributed by atoms with van der Waals surface area (Å²) in [5, 5.41) is 0. The lowest BCUT2D eigenvalue weighted by Crippen LogP contribution is -2.02. The van der Waals surface area contributed by atoms with Crippen LogP contribution in [0, 0.1) is 5.92 Å². The molecular weight excluding hydrogens is 250 g/mol. The van der Waals surface area contributed by atoms with Gasteiger partial charge in [0.25, 0.3) is 0 Å². The summed E-state index contributed by atoms with van der Waals surface area (Å²) >= 11 is 1.39. The van der Waals surface area contributed by atoms with E-state index in [9.17, 15) is 4.79 Å². The maximum absolute atomic E-state index is 11.6. The fraction of sp³-hybridized carbons (Fsp3) is 0.385. The van der Waals surface area contributed by atoms with Crippen molar-refractivity contribution in [2.24, 2.45) is 5.92 Å². The molecule has 0 bridgehead atoms. The molecular formula is C13H13NO3S. The van der Waals surface area contributed by atoms with E-state index in [1.165, 1.54) is 24.9 Å². The molecule has 2 unspecified atom stereocenters. The lowest BCUT2D eigenvalue weighted by molar-refractivity contribution is 0.0595. The van der Waals surface area contributed by atoms with Crippen molar-refractivity contribution < 1.29 is 13.9 Å². The van der Waals surface area contributed by atoms with Gasteiger partial charge in [0.15, 0.2) is 5.69 Å². The Balaban J connectivity index is 1.93. The Morgan fingerprint density at radius 1 is 1.56 bits per heavy atom. The molecule has 2 atom stereocenters. The zero-order chi connectivity index (χ0) is 12.7. The zero-order valence-corrected chi connectivity index (χ0v) is 11.0. The molecule has 18 heavy (non-hydrogen) atoms. The van der Waals surface area contributed by atoms with Gasteiger partial charge >= 0.3 is 5.97 Å². The molecule has 0 amide bonds. The van der Waals surface area contributed by atoms with Gasteiger partial charge in [-0.15, -0.1) is 11.3 Å². The average Bonchev–Trinajstić information content (AvgIpc) is 2.87. The molecule has 0 aromatic carbocycles. The summed E-state index contributed by atoms with van der Waals surface area (Å²) in [5.74, 6) is 2.51. The number of nitrogens with zero attached hydrogens (tertiary/aromatic N) is 1. The minimum atomic E-state index is -0.427. The first-order valence-corrected chi connectivity index (χ1v) is 6.70. The Morgan fingerprint density at radius 2 is 2.33 bits per heavy atom. The highest BCUT2D eigenvalue weighted by Gasteiger charge is 2.37. The molecule has 5 heteroatoms. The second-order valence-electron chi connectivity index (χ2n) is 4.54. The molecule has 2 aromatic rings. The van der Waals surface area contributed by atoms with Gasteiger partial charge in [-0.1, -0.05) is 6.92 Å². The SMILES string of the molecule is COC(=O)c1ncsc1-c1ccc(C2CC2C)o1. The van der Waals surface area contributed by atoms with Crippen molar-refractivity contribution >= 4 is 17.3 Å². The summed E-state index contributed by atoms with van der Waals surface area (Å²) in [6.45, 7) is 2.21. The van der Waals surface area contributed by atoms with Crippen LogP contribution >= 0.6 is 11.3 Å². The fourth-order valence-corrected chi connectivity index (χ4v) is 2.79. The van der Waals surface area contributed by atoms with Crippen molar-refractivity contribution in [3.05, 3.63) is 29.1 Å². The van der Waals surface area contributed by atoms with E-state index in [-0.39, 0.29) is 0 Å². The Kier molecular flexibility index (Phi) is 2.70. The van der Waals surface area contributed by atoms with Gasteiger partial charge in [0.2, 0.25) is 0 Å². The summed E-state index contributed by atoms with van der Waals surface area (Å²) in [7, 11) is 1.35. The van der Waals surface area contributed by atoms with Gasteiger partial charge in [0.05, 0.1) is 12.6 Å². The van der Waals surface area contributed by atoms with Gasteiger partial charge in [-0.25, -0.2) is 9.78 Å². The van der Waals surface area contributed by atoms with Crippen LogP contribution in [0.15, 0.2) is 22.1 Å². The Morgan fingerprint density at radius 3 is 3.00 bits per heavy atom. The summed E-state index contributed by atoms with van der Waals surface area (Å²) in [6, 6.07) is 3.89. The Bertz CT molecular complexity index is 587. The zero-order valence-electron chi connectivity index (χ0n) is 10.2. The lowest BCUT2D eigenvalue weighted by atomic mass is 10.2. The molecule has 1 aliphatic rings. The van der Waals surface area contributed by atoms with E-state index in [4.69, 9.17) is 9.15 Å². The fourth-order valence-electron chi connectivity index (χ4n) is 2.06. The van der Waals surface area contributed by atoms with Gasteiger partial charge < -0.3 is 9.15 Å². The number of hydrogen-bond acceptors (Lipinski definition) is 5. The summed E-state index contributed by atoms with van der Waals surface area (Å²) in [5.41, 5.74) is 1.95. The number of carbonyl (C=O) groups excluding carboxylic acids is 1. The number of thiazole rings is 1. The van der Waals surface area contributed by atoms with Crippen LogP contribution in [-0.2, 0) is 4.74 Å². The van der Waals surface area contributed by atoms with Gasteiger partial charge in [-0.05, 0) is 24.5 Å². The number of esters is 1. The minimum Gasteiger partial charge on any atom is -0.464 e. The Hall–Kier alpha value is -1.62. The number of furan rings is 1. The molecule has 0 spiro atoms. The summed E-state index contributed by atoms with van der Waals surface area (Å²) < 4.78 is 10.5. The van der Waals surface area contributed by atoms with Crippen LogP contribution in [-0.4, -0.2) is 18.1 Å². The maximum Gasteiger partial charge on any atom is 0.358 e. The van der Waals surface area contributed by atoms with Gasteiger partial charge in [0, 0.05) is 5.92 Å². The topological polar surface area (TPSA) is 52.3 Å². The molecule has 4 nitrogen and oxygen atoms in total. The van der Waals surface area contributed by atoms with Crippen molar-refractivity contribution in [2.75, 3.05) is 7.11 Å². The molecule has 1 aliphatic carbocycles. The van der Waals surface area contributed by atoms with Gasteiger partial charge in [0.1, 0.15) is 16.4 Å². The van der Waals surface area contributed by atoms with Gasteiger partial charge in [-0.2, -0.15) is 0 Å². The van der Waals surface area contributed by atoms with E-state index in [1.807, 2.05) is 12.1 Å². The number of hydrogen-bond donors (Lipinski definition) is 0. The van der Waals surface area contributed by atoms with Crippen molar-refractivity contribution in [3.63, 3.8) is 0 Å². The van der Waals surface area contributed by atoms with Crippen molar-refractivity contribution in [3.8, 4) is 10.6 Å². The number of methoxy groups -OCH3 is 1. The second kappa shape index (κ2) is 4.24. The number of ether oxygens (including phenoxy) is 1. The predicted octanol–water partition coefficient (Wildman–Crippen LogP) is 3.31. The molecule has 2 aromatic heterocycles. The third-order valence-electron chi connectivity index (χ3n) is 3.27. The quantitative estimate of drug-likeness (QED) is 0.797. The first-order chi connectivity index (χ1) is 8.70. The first kappa shape index (κ1) is 11.5. The van der Waals surface area contributed by atoms with Crippen LogP contribution in [0.25, 0.3) is 10.6 Å². The highest BCUT2D eigenvalue weighted by molar-refractivity contribution is 7.13. The predicted molar refractivity (Wildman–Crippen MR) is 67.7 cm³/mol. The smallest absolute Gasteiger partial charge is 0.358 e. The second-order valence-corrected chi connectivity index (χ2v) is 5.40. The number of rotatable bonds is 3. The molecule has 2 heterocycles. The van der Waals surface area contributed by atoms with Crippen molar-refractivity contribution in [2.45, 2.75) is 19.3 Å². The van der Waals surface area contributed by atoms with Crippen LogP contribution in [0.1, 0.15) is 35.5 Å². The average molecular weight is 263 g/mol. The molecule has 0 aliphatic heterocycles. The van der Waals surface area contributed by atoms with E-state index >= 15 is 0 Å². The number of aromatic nitrogens is 1. The van der Waals surface area contributed by atoms with Gasteiger partial charge in [-0.3, -0.25) is 0 Å². The molecule has 1 saturated carbocycles. The molecule has 0 saturated heterocycles. The third-order valence-corrected chi connectivity index (χ3v) is 4.11. The standard InChI is InChI=1S/C13H13NO3S/c1-7-5-8(7)9-3-4-10(17-9)12-11(13(15)16-2)14-6-18-12/h3-4,6-8H,5H2,1-2H3. The lowest BCUT2D eigenvalue weighted by Gasteiger charge is -1.97. The van der Waals surface area contributed by atoms with Crippen LogP contribution in [0.4, 0.5) is 0 Å². The van der Waals surface area contributed by atoms with E-state index in [1.54, 1.807) is 5.51 Å². The molecule has 1 fully saturated rings. The normalized spacial score (nSPS) is 21.9. The van der Waals surface area contributed by atoms with Crippen LogP contribution in [0.3, 0.4) is 0 Å². The summed E-state index contributed by atoms with van der Waals surface area (Å²) in [4.78, 5) is 16.3. The van der Waals surface area contributed by atoms with Crippen molar-refractivity contribution in [1.29, 1.82) is 0 Å². The van der Waals surface area contributed by atoms with E-state index < -0.39 is 5.97 Å². The maximum atomic E-state index is 11.6. The Labute approximate surface area is 109 Å². The largest absolute Gasteiger partial charge is 0.464 e. The van der Waals surface area contributed by atoms with E-state index in [2.05, 4.69) is 11.9 Å². The van der Waals surface area contributed by atoms with E-state index in [0.717, 1.165) is 10.6 Å². The monoisotopic (exact) mass is 263 g/mol. The molecule has 94 valence electrons. The first-order valence-electron chi connectivity index (χ1n) is 5.82. The minimum absolute atomic E-state index is 0.326. The number of carbonyl (C=O) groups is 1. The van der Waals surface area contributed by atoms with Crippen molar-refractivity contribution in [1.82, 2.24) is 4.98 Å². The van der Waals surface area contributed by atoms with Crippen LogP contribution in [0.5, 0.6) is 0 Å². The highest BCUT2D eigenvalue weighted by atomic mass is 32.1. The van der Waals surface area contributed by atoms with Crippen LogP contribution < -0.4 is 0 Å². The molecule has 0 N–H and O–H groups in total. The molecule has 3 rings (SSSR count). The van der Waals surface area contributed by atoms with E-state index in [0.29, 0.717) is 23.3 Å².